The normalized spacial score (nSPS) is 25.7. The van der Waals surface area contributed by atoms with E-state index in [2.05, 4.69) is 67.5 Å². The van der Waals surface area contributed by atoms with Crippen LogP contribution in [0.25, 0.3) is 0 Å². The second-order valence-corrected chi connectivity index (χ2v) is 5.60. The predicted octanol–water partition coefficient (Wildman–Crippen LogP) is 5.44. The van der Waals surface area contributed by atoms with Crippen LogP contribution in [-0.2, 0) is 19.5 Å². The molecule has 0 saturated carbocycles. The van der Waals surface area contributed by atoms with Crippen LogP contribution < -0.4 is 0 Å². The van der Waals surface area contributed by atoms with E-state index < -0.39 is 0 Å². The molecule has 0 nitrogen and oxygen atoms in total. The number of rotatable bonds is 0. The Bertz CT molecular complexity index is 414. The summed E-state index contributed by atoms with van der Waals surface area (Å²) in [6, 6.07) is 0. The molecule has 1 heteroatoms. The van der Waals surface area contributed by atoms with Crippen molar-refractivity contribution >= 4 is 0 Å². The van der Waals surface area contributed by atoms with Gasteiger partial charge in [-0.3, -0.25) is 12.2 Å². The van der Waals surface area contributed by atoms with Gasteiger partial charge in [-0.2, -0.15) is 22.3 Å². The summed E-state index contributed by atoms with van der Waals surface area (Å²) in [5, 5.41) is 0. The standard InChI is InChI=1S/2C9H13.Zn/c2*1-6-5-7(2)9(4)8(6)3;/h2*6H,1-4H3;/q2*-1;+2. The first-order chi connectivity index (χ1) is 8.25. The van der Waals surface area contributed by atoms with Crippen molar-refractivity contribution in [3.8, 4) is 0 Å². The van der Waals surface area contributed by atoms with Crippen LogP contribution >= 0.6 is 0 Å². The van der Waals surface area contributed by atoms with Crippen molar-refractivity contribution in [2.45, 2.75) is 55.4 Å². The van der Waals surface area contributed by atoms with Gasteiger partial charge in [0.05, 0.1) is 0 Å². The van der Waals surface area contributed by atoms with Crippen molar-refractivity contribution in [1.29, 1.82) is 0 Å². The minimum Gasteiger partial charge on any atom is -0.266 e. The van der Waals surface area contributed by atoms with Crippen molar-refractivity contribution in [1.82, 2.24) is 0 Å². The maximum atomic E-state index is 3.36. The summed E-state index contributed by atoms with van der Waals surface area (Å²) in [4.78, 5) is 0. The first-order valence-electron chi connectivity index (χ1n) is 6.81. The maximum absolute atomic E-state index is 3.36. The molecule has 0 aliphatic heterocycles. The van der Waals surface area contributed by atoms with Crippen LogP contribution in [0.3, 0.4) is 0 Å². The number of allylic oxidation sites excluding steroid dienone is 8. The van der Waals surface area contributed by atoms with E-state index in [0.717, 1.165) is 0 Å². The Labute approximate surface area is 132 Å². The molecule has 0 radical (unpaired) electrons. The second-order valence-electron chi connectivity index (χ2n) is 5.60. The van der Waals surface area contributed by atoms with Crippen molar-refractivity contribution in [2.75, 3.05) is 0 Å². The van der Waals surface area contributed by atoms with E-state index in [4.69, 9.17) is 0 Å². The van der Waals surface area contributed by atoms with Crippen LogP contribution in [0.15, 0.2) is 33.4 Å². The van der Waals surface area contributed by atoms with E-state index in [0.29, 0.717) is 11.8 Å². The maximum Gasteiger partial charge on any atom is 2.00 e. The molecule has 0 fully saturated rings. The number of hydrogen-bond acceptors (Lipinski definition) is 0. The van der Waals surface area contributed by atoms with Crippen LogP contribution in [0.1, 0.15) is 55.4 Å². The number of hydrogen-bond donors (Lipinski definition) is 0. The predicted molar refractivity (Wildman–Crippen MR) is 79.9 cm³/mol. The minimum atomic E-state index is 0. The summed E-state index contributed by atoms with van der Waals surface area (Å²) < 4.78 is 0. The van der Waals surface area contributed by atoms with Gasteiger partial charge in [0, 0.05) is 0 Å². The summed E-state index contributed by atoms with van der Waals surface area (Å²) >= 11 is 0. The van der Waals surface area contributed by atoms with Gasteiger partial charge >= 0.3 is 19.5 Å². The van der Waals surface area contributed by atoms with Gasteiger partial charge in [0.2, 0.25) is 0 Å². The van der Waals surface area contributed by atoms with Crippen molar-refractivity contribution in [2.24, 2.45) is 11.8 Å². The van der Waals surface area contributed by atoms with E-state index in [-0.39, 0.29) is 19.5 Å². The smallest absolute Gasteiger partial charge is 0.266 e. The zero-order chi connectivity index (χ0) is 14.0. The van der Waals surface area contributed by atoms with Gasteiger partial charge in [-0.1, -0.05) is 53.4 Å². The average Bonchev–Trinajstić information content (AvgIpc) is 2.66. The van der Waals surface area contributed by atoms with Crippen molar-refractivity contribution in [3.63, 3.8) is 0 Å². The molecule has 0 heterocycles. The van der Waals surface area contributed by atoms with Gasteiger partial charge in [0.1, 0.15) is 0 Å². The summed E-state index contributed by atoms with van der Waals surface area (Å²) in [5.41, 5.74) is 8.49. The summed E-state index contributed by atoms with van der Waals surface area (Å²) in [7, 11) is 0. The molecule has 0 spiro atoms. The van der Waals surface area contributed by atoms with Crippen molar-refractivity contribution in [3.05, 3.63) is 45.6 Å². The zero-order valence-electron chi connectivity index (χ0n) is 13.9. The molecule has 2 aliphatic rings. The quantitative estimate of drug-likeness (QED) is 0.413. The first kappa shape index (κ1) is 18.6. The molecular formula is C18H26Zn. The summed E-state index contributed by atoms with van der Waals surface area (Å²) in [6.07, 6.45) is 6.72. The van der Waals surface area contributed by atoms with Crippen molar-refractivity contribution < 1.29 is 19.5 Å². The van der Waals surface area contributed by atoms with Gasteiger partial charge in [-0.05, 0) is 0 Å². The fourth-order valence-corrected chi connectivity index (χ4v) is 2.32. The van der Waals surface area contributed by atoms with Crippen LogP contribution in [0.5, 0.6) is 0 Å². The van der Waals surface area contributed by atoms with E-state index in [1.807, 2.05) is 0 Å². The topological polar surface area (TPSA) is 0 Å². The molecule has 2 atom stereocenters. The second kappa shape index (κ2) is 7.39. The SMILES string of the molecule is CC1=[C-]C(C)C(C)=C1C.CC1=[C-]C(C)C(C)=C1C.[Zn+2]. The largest absolute Gasteiger partial charge is 2.00 e. The Morgan fingerprint density at radius 2 is 0.895 bits per heavy atom. The molecule has 0 aromatic heterocycles. The third-order valence-corrected chi connectivity index (χ3v) is 4.47. The molecule has 2 aliphatic carbocycles. The Balaban J connectivity index is 0.000000324. The molecule has 100 valence electrons. The molecule has 0 amide bonds. The Morgan fingerprint density at radius 1 is 0.632 bits per heavy atom. The third kappa shape index (κ3) is 4.28. The van der Waals surface area contributed by atoms with Crippen LogP contribution in [-0.4, -0.2) is 0 Å². The minimum absolute atomic E-state index is 0. The summed E-state index contributed by atoms with van der Waals surface area (Å²) in [6.45, 7) is 17.3. The van der Waals surface area contributed by atoms with Gasteiger partial charge in [-0.15, -0.1) is 13.8 Å². The monoisotopic (exact) mass is 306 g/mol. The van der Waals surface area contributed by atoms with Crippen LogP contribution in [0.4, 0.5) is 0 Å². The molecule has 0 aromatic carbocycles. The Kier molecular flexibility index (Phi) is 7.23. The molecule has 0 saturated heterocycles. The van der Waals surface area contributed by atoms with E-state index in [1.165, 1.54) is 33.4 Å². The van der Waals surface area contributed by atoms with Gasteiger partial charge in [0.15, 0.2) is 0 Å². The summed E-state index contributed by atoms with van der Waals surface area (Å²) in [5.74, 6) is 1.12. The molecular weight excluding hydrogens is 282 g/mol. The van der Waals surface area contributed by atoms with Crippen LogP contribution in [0.2, 0.25) is 0 Å². The molecule has 0 bridgehead atoms. The Hall–Kier alpha value is -0.417. The van der Waals surface area contributed by atoms with Crippen LogP contribution in [0, 0.1) is 24.0 Å². The van der Waals surface area contributed by atoms with E-state index in [9.17, 15) is 0 Å². The van der Waals surface area contributed by atoms with E-state index >= 15 is 0 Å². The van der Waals surface area contributed by atoms with E-state index in [1.54, 1.807) is 0 Å². The molecule has 19 heavy (non-hydrogen) atoms. The fourth-order valence-electron chi connectivity index (χ4n) is 2.32. The van der Waals surface area contributed by atoms with Gasteiger partial charge < -0.3 is 0 Å². The first-order valence-corrected chi connectivity index (χ1v) is 6.81. The molecule has 0 aromatic rings. The molecule has 2 unspecified atom stereocenters. The molecule has 0 N–H and O–H groups in total. The zero-order valence-corrected chi connectivity index (χ0v) is 16.8. The Morgan fingerprint density at radius 3 is 0.947 bits per heavy atom. The molecule has 2 rings (SSSR count). The van der Waals surface area contributed by atoms with Gasteiger partial charge in [-0.25, -0.2) is 11.1 Å². The average molecular weight is 308 g/mol. The third-order valence-electron chi connectivity index (χ3n) is 4.47. The van der Waals surface area contributed by atoms with Gasteiger partial charge in [0.25, 0.3) is 0 Å². The fraction of sp³-hybridized carbons (Fsp3) is 0.556.